The minimum atomic E-state index is -3.69. The van der Waals surface area contributed by atoms with Crippen LogP contribution in [0, 0.1) is 0 Å². The van der Waals surface area contributed by atoms with Gasteiger partial charge in [-0.3, -0.25) is 4.79 Å². The van der Waals surface area contributed by atoms with E-state index in [1.165, 1.54) is 17.7 Å². The number of benzene rings is 2. The molecule has 0 saturated carbocycles. The van der Waals surface area contributed by atoms with E-state index in [9.17, 15) is 13.2 Å². The monoisotopic (exact) mass is 404 g/mol. The number of sulfonamides is 1. The first-order valence-corrected chi connectivity index (χ1v) is 10.7. The van der Waals surface area contributed by atoms with Crippen molar-refractivity contribution in [3.8, 4) is 5.75 Å². The third kappa shape index (κ3) is 6.35. The van der Waals surface area contributed by atoms with Gasteiger partial charge < -0.3 is 10.1 Å². The van der Waals surface area contributed by atoms with E-state index in [0.717, 1.165) is 5.56 Å². The molecule has 0 aliphatic heterocycles. The van der Waals surface area contributed by atoms with E-state index >= 15 is 0 Å². The van der Waals surface area contributed by atoms with Gasteiger partial charge in [-0.15, -0.1) is 0 Å². The van der Waals surface area contributed by atoms with Crippen molar-refractivity contribution < 1.29 is 17.9 Å². The Hall–Kier alpha value is -2.38. The van der Waals surface area contributed by atoms with E-state index in [4.69, 9.17) is 9.88 Å². The molecular formula is C21H28N2O4S. The number of carbonyl (C=O) groups is 1. The van der Waals surface area contributed by atoms with Gasteiger partial charge in [0.25, 0.3) is 5.91 Å². The maximum absolute atomic E-state index is 12.2. The summed E-state index contributed by atoms with van der Waals surface area (Å²) < 4.78 is 28.2. The molecule has 1 atom stereocenters. The summed E-state index contributed by atoms with van der Waals surface area (Å²) in [6, 6.07) is 14.0. The summed E-state index contributed by atoms with van der Waals surface area (Å²) in [6.45, 7) is 8.54. The Bertz CT molecular complexity index is 899. The molecule has 1 amide bonds. The molecule has 0 fully saturated rings. The molecule has 0 bridgehead atoms. The van der Waals surface area contributed by atoms with E-state index in [1.54, 1.807) is 19.1 Å². The lowest BCUT2D eigenvalue weighted by atomic mass is 9.87. The van der Waals surface area contributed by atoms with E-state index < -0.39 is 16.1 Å². The zero-order valence-electron chi connectivity index (χ0n) is 16.7. The molecule has 2 aromatic rings. The van der Waals surface area contributed by atoms with Gasteiger partial charge in [0.05, 0.1) is 4.90 Å². The molecule has 2 rings (SSSR count). The largest absolute Gasteiger partial charge is 0.481 e. The van der Waals surface area contributed by atoms with Crippen molar-refractivity contribution in [3.63, 3.8) is 0 Å². The lowest BCUT2D eigenvalue weighted by Crippen LogP contribution is -2.37. The molecule has 0 aromatic heterocycles. The van der Waals surface area contributed by atoms with Crippen LogP contribution < -0.4 is 15.2 Å². The smallest absolute Gasteiger partial charge is 0.260 e. The van der Waals surface area contributed by atoms with Gasteiger partial charge in [-0.05, 0) is 54.2 Å². The van der Waals surface area contributed by atoms with E-state index in [2.05, 4.69) is 26.1 Å². The predicted octanol–water partition coefficient (Wildman–Crippen LogP) is 2.76. The number of ether oxygens (including phenoxy) is 1. The molecule has 0 radical (unpaired) electrons. The Morgan fingerprint density at radius 2 is 1.64 bits per heavy atom. The SMILES string of the molecule is C[C@H](Oc1ccc(C(C)(C)C)cc1)C(=O)NCCc1ccc(S(N)(=O)=O)cc1. The zero-order valence-corrected chi connectivity index (χ0v) is 17.5. The molecule has 7 heteroatoms. The normalized spacial score (nSPS) is 13.0. The van der Waals surface area contributed by atoms with Crippen LogP contribution in [0.15, 0.2) is 53.4 Å². The topological polar surface area (TPSA) is 98.5 Å². The first-order chi connectivity index (χ1) is 13.0. The number of primary sulfonamides is 1. The molecule has 28 heavy (non-hydrogen) atoms. The van der Waals surface area contributed by atoms with Crippen LogP contribution in [0.5, 0.6) is 5.75 Å². The number of hydrogen-bond donors (Lipinski definition) is 2. The second kappa shape index (κ2) is 8.75. The minimum Gasteiger partial charge on any atom is -0.481 e. The molecule has 0 heterocycles. The molecule has 0 spiro atoms. The summed E-state index contributed by atoms with van der Waals surface area (Å²) in [6.07, 6.45) is -0.0471. The molecule has 0 aliphatic rings. The highest BCUT2D eigenvalue weighted by molar-refractivity contribution is 7.89. The number of rotatable bonds is 7. The fourth-order valence-electron chi connectivity index (χ4n) is 2.61. The Morgan fingerprint density at radius 3 is 2.14 bits per heavy atom. The fraction of sp³-hybridized carbons (Fsp3) is 0.381. The molecule has 3 N–H and O–H groups in total. The molecule has 152 valence electrons. The standard InChI is InChI=1S/C21H28N2O4S/c1-15(27-18-9-7-17(8-10-18)21(2,3)4)20(24)23-14-13-16-5-11-19(12-6-16)28(22,25)26/h5-12,15H,13-14H2,1-4H3,(H,23,24)(H2,22,25,26)/t15-/m0/s1. The maximum atomic E-state index is 12.2. The van der Waals surface area contributed by atoms with Gasteiger partial charge in [0.1, 0.15) is 5.75 Å². The Balaban J connectivity index is 1.82. The van der Waals surface area contributed by atoms with Crippen molar-refractivity contribution in [2.45, 2.75) is 50.5 Å². The fourth-order valence-corrected chi connectivity index (χ4v) is 3.13. The number of nitrogens with one attached hydrogen (secondary N) is 1. The van der Waals surface area contributed by atoms with Crippen LogP contribution in [0.4, 0.5) is 0 Å². The number of hydrogen-bond acceptors (Lipinski definition) is 4. The highest BCUT2D eigenvalue weighted by Gasteiger charge is 2.16. The second-order valence-corrected chi connectivity index (χ2v) is 9.33. The third-order valence-corrected chi connectivity index (χ3v) is 5.30. The highest BCUT2D eigenvalue weighted by Crippen LogP contribution is 2.24. The number of nitrogens with two attached hydrogens (primary N) is 1. The quantitative estimate of drug-likeness (QED) is 0.741. The van der Waals surface area contributed by atoms with Gasteiger partial charge in [0.15, 0.2) is 6.10 Å². The van der Waals surface area contributed by atoms with Crippen LogP contribution in [0.25, 0.3) is 0 Å². The van der Waals surface area contributed by atoms with E-state index in [-0.39, 0.29) is 16.2 Å². The zero-order chi connectivity index (χ0) is 20.9. The average molecular weight is 405 g/mol. The average Bonchev–Trinajstić information content (AvgIpc) is 2.61. The molecule has 0 aliphatic carbocycles. The summed E-state index contributed by atoms with van der Waals surface area (Å²) in [5.41, 5.74) is 2.16. The van der Waals surface area contributed by atoms with Crippen LogP contribution in [-0.2, 0) is 26.7 Å². The predicted molar refractivity (Wildman–Crippen MR) is 110 cm³/mol. The van der Waals surface area contributed by atoms with Gasteiger partial charge in [0, 0.05) is 6.54 Å². The van der Waals surface area contributed by atoms with E-state index in [1.807, 2.05) is 24.3 Å². The number of carbonyl (C=O) groups excluding carboxylic acids is 1. The Kier molecular flexibility index (Phi) is 6.85. The van der Waals surface area contributed by atoms with Gasteiger partial charge in [-0.2, -0.15) is 0 Å². The van der Waals surface area contributed by atoms with Gasteiger partial charge >= 0.3 is 0 Å². The summed E-state index contributed by atoms with van der Waals surface area (Å²) >= 11 is 0. The van der Waals surface area contributed by atoms with E-state index in [0.29, 0.717) is 18.7 Å². The first-order valence-electron chi connectivity index (χ1n) is 9.13. The highest BCUT2D eigenvalue weighted by atomic mass is 32.2. The van der Waals surface area contributed by atoms with Gasteiger partial charge in [-0.25, -0.2) is 13.6 Å². The van der Waals surface area contributed by atoms with Crippen LogP contribution >= 0.6 is 0 Å². The summed E-state index contributed by atoms with van der Waals surface area (Å²) in [5, 5.41) is 7.90. The lowest BCUT2D eigenvalue weighted by molar-refractivity contribution is -0.127. The van der Waals surface area contributed by atoms with Crippen molar-refractivity contribution in [1.82, 2.24) is 5.32 Å². The van der Waals surface area contributed by atoms with Crippen molar-refractivity contribution in [3.05, 3.63) is 59.7 Å². The lowest BCUT2D eigenvalue weighted by Gasteiger charge is -2.20. The molecule has 0 unspecified atom stereocenters. The number of amides is 1. The van der Waals surface area contributed by atoms with Gasteiger partial charge in [0.2, 0.25) is 10.0 Å². The molecular weight excluding hydrogens is 376 g/mol. The molecule has 0 saturated heterocycles. The Morgan fingerprint density at radius 1 is 1.07 bits per heavy atom. The van der Waals surface area contributed by atoms with Crippen LogP contribution in [0.1, 0.15) is 38.8 Å². The molecule has 6 nitrogen and oxygen atoms in total. The van der Waals surface area contributed by atoms with Crippen molar-refractivity contribution in [2.24, 2.45) is 5.14 Å². The van der Waals surface area contributed by atoms with Crippen LogP contribution in [0.2, 0.25) is 0 Å². The third-order valence-electron chi connectivity index (χ3n) is 4.37. The summed E-state index contributed by atoms with van der Waals surface area (Å²) in [7, 11) is -3.69. The molecule has 2 aromatic carbocycles. The minimum absolute atomic E-state index is 0.0636. The Labute approximate surface area is 167 Å². The maximum Gasteiger partial charge on any atom is 0.260 e. The van der Waals surface area contributed by atoms with Crippen molar-refractivity contribution in [1.29, 1.82) is 0 Å². The summed E-state index contributed by atoms with van der Waals surface area (Å²) in [5.74, 6) is 0.440. The van der Waals surface area contributed by atoms with Crippen molar-refractivity contribution >= 4 is 15.9 Å². The van der Waals surface area contributed by atoms with Crippen LogP contribution in [0.3, 0.4) is 0 Å². The van der Waals surface area contributed by atoms with Crippen molar-refractivity contribution in [2.75, 3.05) is 6.54 Å². The van der Waals surface area contributed by atoms with Gasteiger partial charge in [-0.1, -0.05) is 45.0 Å². The first kappa shape index (κ1) is 21.9. The van der Waals surface area contributed by atoms with Crippen LogP contribution in [-0.4, -0.2) is 27.0 Å². The summed E-state index contributed by atoms with van der Waals surface area (Å²) in [4.78, 5) is 12.3. The second-order valence-electron chi connectivity index (χ2n) is 7.76.